The molecule has 0 atom stereocenters. The summed E-state index contributed by atoms with van der Waals surface area (Å²) < 4.78 is 16.6. The molecule has 1 N–H and O–H groups in total. The van der Waals surface area contributed by atoms with Gasteiger partial charge < -0.3 is 19.3 Å². The van der Waals surface area contributed by atoms with E-state index in [1.807, 2.05) is 36.4 Å². The van der Waals surface area contributed by atoms with Crippen LogP contribution in [0.5, 0.6) is 11.5 Å². The highest BCUT2D eigenvalue weighted by Gasteiger charge is 2.27. The highest BCUT2D eigenvalue weighted by atomic mass is 16.5. The maximum atomic E-state index is 9.11. The molecule has 1 heterocycles. The molecule has 146 valence electrons. The lowest BCUT2D eigenvalue weighted by molar-refractivity contribution is 0.146. The minimum atomic E-state index is -0.0189. The van der Waals surface area contributed by atoms with Crippen LogP contribution in [0.3, 0.4) is 0 Å². The van der Waals surface area contributed by atoms with Crippen LogP contribution in [-0.2, 0) is 4.74 Å². The van der Waals surface area contributed by atoms with Crippen molar-refractivity contribution in [1.29, 1.82) is 0 Å². The lowest BCUT2D eigenvalue weighted by Gasteiger charge is -2.14. The summed E-state index contributed by atoms with van der Waals surface area (Å²) in [6.07, 6.45) is 2.43. The van der Waals surface area contributed by atoms with E-state index in [2.05, 4.69) is 12.1 Å². The van der Waals surface area contributed by atoms with Gasteiger partial charge in [-0.05, 0) is 54.7 Å². The maximum absolute atomic E-state index is 9.11. The van der Waals surface area contributed by atoms with E-state index in [0.717, 1.165) is 28.3 Å². The summed E-state index contributed by atoms with van der Waals surface area (Å²) >= 11 is 0. The molecule has 1 fully saturated rings. The van der Waals surface area contributed by atoms with Crippen LogP contribution in [0, 0.1) is 0 Å². The van der Waals surface area contributed by atoms with Gasteiger partial charge >= 0.3 is 0 Å². The second-order valence-electron chi connectivity index (χ2n) is 6.96. The number of fused-ring (bicyclic) bond motifs is 1. The first-order chi connectivity index (χ1) is 13.8. The van der Waals surface area contributed by atoms with Crippen LogP contribution >= 0.6 is 0 Å². The monoisotopic (exact) mass is 379 g/mol. The largest absolute Gasteiger partial charge is 0.491 e. The first-order valence-corrected chi connectivity index (χ1v) is 9.69. The van der Waals surface area contributed by atoms with Crippen molar-refractivity contribution in [3.05, 3.63) is 54.1 Å². The van der Waals surface area contributed by atoms with Crippen molar-refractivity contribution >= 4 is 10.9 Å². The highest BCUT2D eigenvalue weighted by Crippen LogP contribution is 2.45. The van der Waals surface area contributed by atoms with Crippen molar-refractivity contribution in [1.82, 2.24) is 4.98 Å². The Morgan fingerprint density at radius 1 is 1.00 bits per heavy atom. The summed E-state index contributed by atoms with van der Waals surface area (Å²) in [5.74, 6) is 2.12. The molecule has 2 aromatic carbocycles. The summed E-state index contributed by atoms with van der Waals surface area (Å²) in [5, 5.41) is 10.3. The average Bonchev–Trinajstić information content (AvgIpc) is 3.57. The van der Waals surface area contributed by atoms with Gasteiger partial charge in [0.05, 0.1) is 24.4 Å². The Hall–Kier alpha value is -2.63. The van der Waals surface area contributed by atoms with Crippen LogP contribution in [-0.4, -0.2) is 43.6 Å². The van der Waals surface area contributed by atoms with Crippen LogP contribution in [0.1, 0.15) is 24.3 Å². The zero-order valence-corrected chi connectivity index (χ0v) is 16.1. The normalized spacial score (nSPS) is 13.6. The number of ether oxygens (including phenoxy) is 3. The number of aromatic nitrogens is 1. The Morgan fingerprint density at radius 3 is 2.64 bits per heavy atom. The molecule has 0 unspecified atom stereocenters. The molecular formula is C23H25NO4. The Labute approximate surface area is 164 Å². The summed E-state index contributed by atoms with van der Waals surface area (Å²) in [7, 11) is 1.66. The van der Waals surface area contributed by atoms with Gasteiger partial charge in [-0.1, -0.05) is 12.1 Å². The van der Waals surface area contributed by atoms with Crippen molar-refractivity contribution < 1.29 is 19.3 Å². The number of methoxy groups -OCH3 is 1. The van der Waals surface area contributed by atoms with E-state index in [4.69, 9.17) is 24.3 Å². The first-order valence-electron chi connectivity index (χ1n) is 9.69. The van der Waals surface area contributed by atoms with E-state index in [-0.39, 0.29) is 13.2 Å². The van der Waals surface area contributed by atoms with E-state index in [1.165, 1.54) is 23.8 Å². The smallest absolute Gasteiger partial charge is 0.128 e. The summed E-state index contributed by atoms with van der Waals surface area (Å²) in [4.78, 5) is 4.92. The molecule has 0 saturated heterocycles. The molecule has 4 rings (SSSR count). The quantitative estimate of drug-likeness (QED) is 0.565. The second-order valence-corrected chi connectivity index (χ2v) is 6.96. The van der Waals surface area contributed by atoms with Gasteiger partial charge in [0.2, 0.25) is 0 Å². The predicted octanol–water partition coefficient (Wildman–Crippen LogP) is 4.18. The van der Waals surface area contributed by atoms with Gasteiger partial charge in [-0.2, -0.15) is 0 Å². The lowest BCUT2D eigenvalue weighted by Crippen LogP contribution is -2.04. The molecule has 0 bridgehead atoms. The van der Waals surface area contributed by atoms with Crippen LogP contribution < -0.4 is 9.47 Å². The number of hydrogen-bond donors (Lipinski definition) is 1. The minimum absolute atomic E-state index is 0.0189. The summed E-state index contributed by atoms with van der Waals surface area (Å²) in [6.45, 7) is 1.30. The number of hydrogen-bond acceptors (Lipinski definition) is 5. The first kappa shape index (κ1) is 18.7. The van der Waals surface area contributed by atoms with Crippen LogP contribution in [0.4, 0.5) is 0 Å². The van der Waals surface area contributed by atoms with Crippen molar-refractivity contribution in [3.63, 3.8) is 0 Å². The lowest BCUT2D eigenvalue weighted by atomic mass is 10.0. The molecule has 5 nitrogen and oxygen atoms in total. The van der Waals surface area contributed by atoms with Crippen LogP contribution in [0.25, 0.3) is 22.2 Å². The fourth-order valence-corrected chi connectivity index (χ4v) is 3.40. The molecule has 1 aliphatic rings. The molecule has 1 aromatic heterocycles. The van der Waals surface area contributed by atoms with E-state index >= 15 is 0 Å². The number of benzene rings is 2. The topological polar surface area (TPSA) is 60.8 Å². The number of aliphatic hydroxyl groups is 1. The van der Waals surface area contributed by atoms with Crippen molar-refractivity contribution in [2.75, 3.05) is 33.5 Å². The molecule has 1 aliphatic carbocycles. The SMILES string of the molecule is COCCOc1ccc2c(C3CC3)cc(-c3ccccc3OCCO)nc2c1. The number of pyridine rings is 1. The number of para-hydroxylation sites is 1. The van der Waals surface area contributed by atoms with E-state index in [0.29, 0.717) is 19.1 Å². The molecule has 0 amide bonds. The predicted molar refractivity (Wildman–Crippen MR) is 109 cm³/mol. The molecule has 3 aromatic rings. The molecule has 0 aliphatic heterocycles. The average molecular weight is 379 g/mol. The Bertz CT molecular complexity index is 952. The van der Waals surface area contributed by atoms with Crippen LogP contribution in [0.15, 0.2) is 48.5 Å². The molecule has 5 heteroatoms. The molecule has 28 heavy (non-hydrogen) atoms. The molecule has 0 spiro atoms. The number of nitrogens with zero attached hydrogens (tertiary/aromatic N) is 1. The third kappa shape index (κ3) is 4.11. The fourth-order valence-electron chi connectivity index (χ4n) is 3.40. The van der Waals surface area contributed by atoms with E-state index in [9.17, 15) is 0 Å². The van der Waals surface area contributed by atoms with Crippen molar-refractivity contribution in [3.8, 4) is 22.8 Å². The molecule has 1 saturated carbocycles. The maximum Gasteiger partial charge on any atom is 0.128 e. The minimum Gasteiger partial charge on any atom is -0.491 e. The van der Waals surface area contributed by atoms with Gasteiger partial charge in [-0.15, -0.1) is 0 Å². The molecular weight excluding hydrogens is 354 g/mol. The van der Waals surface area contributed by atoms with Gasteiger partial charge in [0.25, 0.3) is 0 Å². The molecule has 0 radical (unpaired) electrons. The van der Waals surface area contributed by atoms with Gasteiger partial charge in [0.15, 0.2) is 0 Å². The third-order valence-electron chi connectivity index (χ3n) is 4.90. The summed E-state index contributed by atoms with van der Waals surface area (Å²) in [5.41, 5.74) is 4.08. The van der Waals surface area contributed by atoms with Gasteiger partial charge in [0.1, 0.15) is 24.7 Å². The Morgan fingerprint density at radius 2 is 1.86 bits per heavy atom. The Balaban J connectivity index is 1.76. The second kappa shape index (κ2) is 8.59. The highest BCUT2D eigenvalue weighted by molar-refractivity contribution is 5.87. The zero-order chi connectivity index (χ0) is 19.3. The summed E-state index contributed by atoms with van der Waals surface area (Å²) in [6, 6.07) is 16.1. The Kier molecular flexibility index (Phi) is 5.74. The van der Waals surface area contributed by atoms with Crippen molar-refractivity contribution in [2.24, 2.45) is 0 Å². The standard InChI is InChI=1S/C23H25NO4/c1-26-12-13-27-17-8-9-18-20(16-6-7-16)15-22(24-21(18)14-17)19-4-2-3-5-23(19)28-11-10-25/h2-5,8-9,14-16,25H,6-7,10-13H2,1H3. The third-order valence-corrected chi connectivity index (χ3v) is 4.90. The van der Waals surface area contributed by atoms with Gasteiger partial charge in [0, 0.05) is 24.1 Å². The zero-order valence-electron chi connectivity index (χ0n) is 16.1. The number of aliphatic hydroxyl groups excluding tert-OH is 1. The van der Waals surface area contributed by atoms with Gasteiger partial charge in [-0.25, -0.2) is 4.98 Å². The van der Waals surface area contributed by atoms with Gasteiger partial charge in [-0.3, -0.25) is 0 Å². The van der Waals surface area contributed by atoms with E-state index < -0.39 is 0 Å². The van der Waals surface area contributed by atoms with Crippen LogP contribution in [0.2, 0.25) is 0 Å². The number of rotatable bonds is 9. The fraction of sp³-hybridized carbons (Fsp3) is 0.348. The van der Waals surface area contributed by atoms with Crippen molar-refractivity contribution in [2.45, 2.75) is 18.8 Å². The van der Waals surface area contributed by atoms with E-state index in [1.54, 1.807) is 7.11 Å².